The molecule has 0 saturated carbocycles. The molecule has 0 fully saturated rings. The van der Waals surface area contributed by atoms with Gasteiger partial charge in [0, 0.05) is 11.8 Å². The highest BCUT2D eigenvalue weighted by atomic mass is 32.1. The topological polar surface area (TPSA) is 75.0 Å². The zero-order chi connectivity index (χ0) is 25.1. The molecule has 3 aromatic carbocycles. The number of fused-ring (bicyclic) bond motifs is 1. The van der Waals surface area contributed by atoms with Crippen LogP contribution in [-0.4, -0.2) is 17.0 Å². The van der Waals surface area contributed by atoms with Gasteiger partial charge >= 0.3 is 0 Å². The van der Waals surface area contributed by atoms with E-state index in [2.05, 4.69) is 34.6 Å². The molecule has 5 nitrogen and oxygen atoms in total. The van der Waals surface area contributed by atoms with E-state index in [0.717, 1.165) is 39.4 Å². The molecule has 1 amide bonds. The lowest BCUT2D eigenvalue weighted by molar-refractivity contribution is -0.121. The summed E-state index contributed by atoms with van der Waals surface area (Å²) in [5.41, 5.74) is 6.05. The summed E-state index contributed by atoms with van der Waals surface area (Å²) in [5, 5.41) is 13.7. The Hall–Kier alpha value is -3.95. The average Bonchev–Trinajstić information content (AvgIpc) is 3.52. The molecule has 36 heavy (non-hydrogen) atoms. The first-order valence-electron chi connectivity index (χ1n) is 12.1. The van der Waals surface area contributed by atoms with Crippen molar-refractivity contribution in [3.63, 3.8) is 0 Å². The average molecular weight is 494 g/mol. The van der Waals surface area contributed by atoms with Gasteiger partial charge in [0.25, 0.3) is 0 Å². The zero-order valence-electron chi connectivity index (χ0n) is 20.3. The maximum Gasteiger partial charge on any atom is 0.224 e. The van der Waals surface area contributed by atoms with Crippen LogP contribution in [0, 0.1) is 11.3 Å². The van der Waals surface area contributed by atoms with Gasteiger partial charge in [-0.1, -0.05) is 48.5 Å². The fourth-order valence-electron chi connectivity index (χ4n) is 4.70. The van der Waals surface area contributed by atoms with Gasteiger partial charge in [-0.3, -0.25) is 4.79 Å². The van der Waals surface area contributed by atoms with E-state index in [-0.39, 0.29) is 18.1 Å². The first kappa shape index (κ1) is 23.8. The summed E-state index contributed by atoms with van der Waals surface area (Å²) >= 11 is 1.61. The Morgan fingerprint density at radius 3 is 2.78 bits per heavy atom. The molecule has 1 atom stereocenters. The van der Waals surface area contributed by atoms with E-state index in [9.17, 15) is 10.1 Å². The van der Waals surface area contributed by atoms with Gasteiger partial charge in [0.1, 0.15) is 16.8 Å². The normalized spacial score (nSPS) is 14.3. The van der Waals surface area contributed by atoms with E-state index < -0.39 is 0 Å². The minimum atomic E-state index is 0.00143. The number of aromatic nitrogens is 1. The molecule has 1 aliphatic carbocycles. The Morgan fingerprint density at radius 2 is 2.00 bits per heavy atom. The molecule has 0 bridgehead atoms. The van der Waals surface area contributed by atoms with Gasteiger partial charge in [-0.05, 0) is 67.1 Å². The fraction of sp³-hybridized carbons (Fsp3) is 0.233. The summed E-state index contributed by atoms with van der Waals surface area (Å²) < 4.78 is 5.75. The second-order valence-corrected chi connectivity index (χ2v) is 10.2. The predicted octanol–water partition coefficient (Wildman–Crippen LogP) is 6.48. The van der Waals surface area contributed by atoms with Gasteiger partial charge in [-0.15, -0.1) is 11.3 Å². The molecule has 0 aliphatic heterocycles. The van der Waals surface area contributed by atoms with Crippen LogP contribution in [0.2, 0.25) is 0 Å². The number of hydrogen-bond acceptors (Lipinski definition) is 5. The Labute approximate surface area is 215 Å². The highest BCUT2D eigenvalue weighted by Gasteiger charge is 2.27. The van der Waals surface area contributed by atoms with E-state index in [0.29, 0.717) is 17.7 Å². The molecule has 0 unspecified atom stereocenters. The predicted molar refractivity (Wildman–Crippen MR) is 143 cm³/mol. The largest absolute Gasteiger partial charge is 0.490 e. The highest BCUT2D eigenvalue weighted by molar-refractivity contribution is 7.18. The lowest BCUT2D eigenvalue weighted by Crippen LogP contribution is -2.28. The van der Waals surface area contributed by atoms with Crippen LogP contribution < -0.4 is 10.1 Å². The summed E-state index contributed by atoms with van der Waals surface area (Å²) in [5.74, 6) is 0.636. The van der Waals surface area contributed by atoms with Gasteiger partial charge in [0.2, 0.25) is 5.91 Å². The number of nitrogens with zero attached hydrogens (tertiary/aromatic N) is 2. The number of ether oxygens (including phenoxy) is 1. The van der Waals surface area contributed by atoms with Crippen LogP contribution in [0.5, 0.6) is 5.75 Å². The molecule has 0 saturated heterocycles. The van der Waals surface area contributed by atoms with Crippen LogP contribution in [0.1, 0.15) is 48.6 Å². The monoisotopic (exact) mass is 493 g/mol. The maximum absolute atomic E-state index is 12.7. The van der Waals surface area contributed by atoms with Crippen LogP contribution in [0.15, 0.2) is 72.9 Å². The molecule has 1 heterocycles. The molecule has 6 heteroatoms. The van der Waals surface area contributed by atoms with Crippen molar-refractivity contribution in [1.29, 1.82) is 5.26 Å². The molecule has 1 N–H and O–H groups in total. The molecule has 5 rings (SSSR count). The standard InChI is InChI=1S/C30H27N3O2S/c1-19(2)35-27-14-11-21(16-22(27)17-31)30-32-18-28(36-30)25-10-6-9-24-23(25)12-13-26(24)33-29(34)15-20-7-4-3-5-8-20/h3-11,14,16,18-19,26H,12-13,15H2,1-2H3,(H,33,34)/t26-/m0/s1. The van der Waals surface area contributed by atoms with Crippen molar-refractivity contribution in [2.75, 3.05) is 0 Å². The van der Waals surface area contributed by atoms with E-state index >= 15 is 0 Å². The molecule has 1 aliphatic rings. The molecule has 0 radical (unpaired) electrons. The van der Waals surface area contributed by atoms with Crippen LogP contribution in [-0.2, 0) is 17.6 Å². The van der Waals surface area contributed by atoms with Gasteiger partial charge in [-0.2, -0.15) is 5.26 Å². The number of nitrogens with one attached hydrogen (secondary N) is 1. The smallest absolute Gasteiger partial charge is 0.224 e. The Kier molecular flexibility index (Phi) is 6.84. The number of thiazole rings is 1. The number of benzene rings is 3. The second-order valence-electron chi connectivity index (χ2n) is 9.21. The van der Waals surface area contributed by atoms with Gasteiger partial charge in [-0.25, -0.2) is 4.98 Å². The SMILES string of the molecule is CC(C)Oc1ccc(-c2ncc(-c3cccc4c3CC[C@@H]4NC(=O)Cc3ccccc3)s2)cc1C#N. The van der Waals surface area contributed by atoms with Gasteiger partial charge in [0.15, 0.2) is 0 Å². The van der Waals surface area contributed by atoms with Crippen molar-refractivity contribution in [2.45, 2.75) is 45.3 Å². The first-order chi connectivity index (χ1) is 17.5. The van der Waals surface area contributed by atoms with Gasteiger partial charge in [0.05, 0.1) is 29.0 Å². The lowest BCUT2D eigenvalue weighted by Gasteiger charge is -2.15. The van der Waals surface area contributed by atoms with Crippen LogP contribution >= 0.6 is 11.3 Å². The highest BCUT2D eigenvalue weighted by Crippen LogP contribution is 2.41. The molecular formula is C30H27N3O2S. The molecule has 1 aromatic heterocycles. The third-order valence-electron chi connectivity index (χ3n) is 6.29. The Morgan fingerprint density at radius 1 is 1.17 bits per heavy atom. The summed E-state index contributed by atoms with van der Waals surface area (Å²) in [6, 6.07) is 24.0. The third-order valence-corrected chi connectivity index (χ3v) is 7.37. The quantitative estimate of drug-likeness (QED) is 0.320. The molecule has 0 spiro atoms. The zero-order valence-corrected chi connectivity index (χ0v) is 21.1. The third kappa shape index (κ3) is 5.02. The Balaban J connectivity index is 1.36. The fourth-order valence-corrected chi connectivity index (χ4v) is 5.67. The number of amides is 1. The lowest BCUT2D eigenvalue weighted by atomic mass is 10.0. The van der Waals surface area contributed by atoms with E-state index in [4.69, 9.17) is 4.74 Å². The van der Waals surface area contributed by atoms with E-state index in [1.807, 2.05) is 68.6 Å². The number of carbonyl (C=O) groups is 1. The maximum atomic E-state index is 12.7. The van der Waals surface area contributed by atoms with Crippen LogP contribution in [0.4, 0.5) is 0 Å². The number of carbonyl (C=O) groups excluding carboxylic acids is 1. The summed E-state index contributed by atoms with van der Waals surface area (Å²) in [4.78, 5) is 18.4. The van der Waals surface area contributed by atoms with Crippen molar-refractivity contribution < 1.29 is 9.53 Å². The van der Waals surface area contributed by atoms with Crippen LogP contribution in [0.25, 0.3) is 21.0 Å². The van der Waals surface area contributed by atoms with Gasteiger partial charge < -0.3 is 10.1 Å². The number of rotatable bonds is 7. The summed E-state index contributed by atoms with van der Waals surface area (Å²) in [6.45, 7) is 3.89. The van der Waals surface area contributed by atoms with Crippen molar-refractivity contribution in [3.05, 3.63) is 95.2 Å². The minimum Gasteiger partial charge on any atom is -0.490 e. The van der Waals surface area contributed by atoms with Crippen molar-refractivity contribution >= 4 is 17.2 Å². The number of hydrogen-bond donors (Lipinski definition) is 1. The molecular weight excluding hydrogens is 466 g/mol. The molecule has 4 aromatic rings. The number of nitriles is 1. The minimum absolute atomic E-state index is 0.00143. The van der Waals surface area contributed by atoms with E-state index in [1.165, 1.54) is 11.1 Å². The summed E-state index contributed by atoms with van der Waals surface area (Å²) in [6.07, 6.45) is 4.09. The summed E-state index contributed by atoms with van der Waals surface area (Å²) in [7, 11) is 0. The van der Waals surface area contributed by atoms with Crippen molar-refractivity contribution in [1.82, 2.24) is 10.3 Å². The first-order valence-corrected chi connectivity index (χ1v) is 13.0. The van der Waals surface area contributed by atoms with Crippen LogP contribution in [0.3, 0.4) is 0 Å². The van der Waals surface area contributed by atoms with E-state index in [1.54, 1.807) is 11.3 Å². The van der Waals surface area contributed by atoms with Crippen molar-refractivity contribution in [3.8, 4) is 32.8 Å². The van der Waals surface area contributed by atoms with Crippen molar-refractivity contribution in [2.24, 2.45) is 0 Å². The Bertz CT molecular complexity index is 1440. The molecule has 180 valence electrons. The second kappa shape index (κ2) is 10.3.